The zero-order valence-electron chi connectivity index (χ0n) is 10.8. The molecule has 3 N–H and O–H groups in total. The average Bonchev–Trinajstić information content (AvgIpc) is 2.96. The first-order valence-electron chi connectivity index (χ1n) is 5.97. The van der Waals surface area contributed by atoms with Crippen molar-refractivity contribution in [1.82, 2.24) is 14.5 Å². The number of aromatic nitrogens is 3. The molecular weight excluding hydrogens is 240 g/mol. The van der Waals surface area contributed by atoms with Crippen LogP contribution in [0.15, 0.2) is 30.6 Å². The molecule has 19 heavy (non-hydrogen) atoms. The van der Waals surface area contributed by atoms with Crippen molar-refractivity contribution in [1.29, 1.82) is 0 Å². The van der Waals surface area contributed by atoms with Gasteiger partial charge in [0.1, 0.15) is 5.82 Å². The van der Waals surface area contributed by atoms with Crippen LogP contribution < -0.4 is 5.73 Å². The first-order valence-corrected chi connectivity index (χ1v) is 5.97. The van der Waals surface area contributed by atoms with Gasteiger partial charge >= 0.3 is 0 Å². The van der Waals surface area contributed by atoms with Crippen LogP contribution in [0.5, 0.6) is 0 Å². The largest absolute Gasteiger partial charge is 0.366 e. The molecule has 1 aromatic carbocycles. The smallest absolute Gasteiger partial charge is 0.249 e. The minimum absolute atomic E-state index is 0.426. The number of benzene rings is 1. The number of carbonyl (C=O) groups excluding carboxylic acids is 1. The molecule has 3 rings (SSSR count). The van der Waals surface area contributed by atoms with Crippen LogP contribution in [0.2, 0.25) is 0 Å². The van der Waals surface area contributed by atoms with Crippen molar-refractivity contribution in [3.63, 3.8) is 0 Å². The molecule has 0 saturated carbocycles. The normalized spacial score (nSPS) is 11.1. The number of aryl methyl sites for hydroxylation is 1. The molecule has 0 radical (unpaired) electrons. The Kier molecular flexibility index (Phi) is 2.41. The third-order valence-corrected chi connectivity index (χ3v) is 3.45. The highest BCUT2D eigenvalue weighted by molar-refractivity contribution is 6.07. The van der Waals surface area contributed by atoms with Crippen LogP contribution in [-0.4, -0.2) is 20.4 Å². The van der Waals surface area contributed by atoms with E-state index in [1.807, 2.05) is 36.7 Å². The van der Waals surface area contributed by atoms with Crippen LogP contribution in [-0.2, 0) is 7.05 Å². The number of imidazole rings is 1. The number of carbonyl (C=O) groups is 1. The maximum atomic E-state index is 11.6. The number of amides is 1. The molecule has 0 atom stereocenters. The average molecular weight is 254 g/mol. The second kappa shape index (κ2) is 3.98. The van der Waals surface area contributed by atoms with E-state index in [2.05, 4.69) is 9.97 Å². The Labute approximate surface area is 110 Å². The SMILES string of the molecule is Cc1ncc(-c2cc(C(N)=O)c3cc[nH]c3c2)n1C. The number of fused-ring (bicyclic) bond motifs is 1. The number of H-pyrrole nitrogens is 1. The minimum atomic E-state index is -0.426. The monoisotopic (exact) mass is 254 g/mol. The van der Waals surface area contributed by atoms with Gasteiger partial charge in [0.2, 0.25) is 5.91 Å². The van der Waals surface area contributed by atoms with Crippen LogP contribution in [0.1, 0.15) is 16.2 Å². The van der Waals surface area contributed by atoms with E-state index in [0.717, 1.165) is 28.0 Å². The Morgan fingerprint density at radius 1 is 1.42 bits per heavy atom. The molecule has 0 aliphatic rings. The molecular formula is C14H14N4O. The fourth-order valence-electron chi connectivity index (χ4n) is 2.29. The number of rotatable bonds is 2. The molecule has 0 spiro atoms. The lowest BCUT2D eigenvalue weighted by Gasteiger charge is -2.07. The Bertz CT molecular complexity index is 782. The predicted molar refractivity (Wildman–Crippen MR) is 73.8 cm³/mol. The summed E-state index contributed by atoms with van der Waals surface area (Å²) in [5.41, 5.74) is 8.75. The first-order chi connectivity index (χ1) is 9.08. The number of nitrogens with two attached hydrogens (primary N) is 1. The molecule has 1 amide bonds. The molecule has 5 heteroatoms. The molecule has 3 aromatic rings. The van der Waals surface area contributed by atoms with Gasteiger partial charge in [-0.1, -0.05) is 0 Å². The molecule has 0 unspecified atom stereocenters. The lowest BCUT2D eigenvalue weighted by Crippen LogP contribution is -2.11. The second-order valence-corrected chi connectivity index (χ2v) is 4.58. The predicted octanol–water partition coefficient (Wildman–Crippen LogP) is 1.98. The van der Waals surface area contributed by atoms with Crippen LogP contribution in [0, 0.1) is 6.92 Å². The van der Waals surface area contributed by atoms with E-state index in [1.165, 1.54) is 0 Å². The van der Waals surface area contributed by atoms with Crippen molar-refractivity contribution >= 4 is 16.8 Å². The zero-order chi connectivity index (χ0) is 13.6. The van der Waals surface area contributed by atoms with E-state index in [4.69, 9.17) is 5.73 Å². The number of hydrogen-bond donors (Lipinski definition) is 2. The number of nitrogens with one attached hydrogen (secondary N) is 1. The fourth-order valence-corrected chi connectivity index (χ4v) is 2.29. The summed E-state index contributed by atoms with van der Waals surface area (Å²) in [4.78, 5) is 19.0. The summed E-state index contributed by atoms with van der Waals surface area (Å²) in [6, 6.07) is 5.67. The highest BCUT2D eigenvalue weighted by Gasteiger charge is 2.13. The summed E-state index contributed by atoms with van der Waals surface area (Å²) in [6.45, 7) is 1.94. The topological polar surface area (TPSA) is 76.7 Å². The van der Waals surface area contributed by atoms with Gasteiger partial charge in [0.15, 0.2) is 0 Å². The fraction of sp³-hybridized carbons (Fsp3) is 0.143. The van der Waals surface area contributed by atoms with Gasteiger partial charge in [-0.3, -0.25) is 4.79 Å². The van der Waals surface area contributed by atoms with E-state index in [1.54, 1.807) is 12.4 Å². The van der Waals surface area contributed by atoms with Crippen molar-refractivity contribution in [2.24, 2.45) is 12.8 Å². The van der Waals surface area contributed by atoms with Gasteiger partial charge in [0, 0.05) is 35.3 Å². The van der Waals surface area contributed by atoms with Gasteiger partial charge < -0.3 is 15.3 Å². The molecule has 96 valence electrons. The molecule has 0 aliphatic heterocycles. The van der Waals surface area contributed by atoms with Crippen molar-refractivity contribution in [3.8, 4) is 11.3 Å². The second-order valence-electron chi connectivity index (χ2n) is 4.58. The van der Waals surface area contributed by atoms with E-state index in [-0.39, 0.29) is 0 Å². The quantitative estimate of drug-likeness (QED) is 0.733. The molecule has 2 aromatic heterocycles. The Hall–Kier alpha value is -2.56. The lowest BCUT2D eigenvalue weighted by molar-refractivity contribution is 0.100. The summed E-state index contributed by atoms with van der Waals surface area (Å²) in [5.74, 6) is 0.493. The van der Waals surface area contributed by atoms with E-state index < -0.39 is 5.91 Å². The van der Waals surface area contributed by atoms with E-state index in [0.29, 0.717) is 5.56 Å². The molecule has 0 bridgehead atoms. The summed E-state index contributed by atoms with van der Waals surface area (Å²) in [7, 11) is 1.94. The lowest BCUT2D eigenvalue weighted by atomic mass is 10.0. The number of aromatic amines is 1. The summed E-state index contributed by atoms with van der Waals surface area (Å²) in [6.07, 6.45) is 3.60. The first kappa shape index (κ1) is 11.5. The van der Waals surface area contributed by atoms with Gasteiger partial charge in [0.05, 0.1) is 11.9 Å². The van der Waals surface area contributed by atoms with Gasteiger partial charge in [-0.15, -0.1) is 0 Å². The molecule has 5 nitrogen and oxygen atoms in total. The van der Waals surface area contributed by atoms with Gasteiger partial charge in [-0.25, -0.2) is 4.98 Å². The van der Waals surface area contributed by atoms with E-state index in [9.17, 15) is 4.79 Å². The van der Waals surface area contributed by atoms with E-state index >= 15 is 0 Å². The van der Waals surface area contributed by atoms with Crippen molar-refractivity contribution in [3.05, 3.63) is 42.0 Å². The molecule has 0 saturated heterocycles. The third kappa shape index (κ3) is 1.71. The Morgan fingerprint density at radius 3 is 2.84 bits per heavy atom. The van der Waals surface area contributed by atoms with Crippen LogP contribution >= 0.6 is 0 Å². The summed E-state index contributed by atoms with van der Waals surface area (Å²) < 4.78 is 1.98. The zero-order valence-corrected chi connectivity index (χ0v) is 10.8. The Balaban J connectivity index is 2.30. The van der Waals surface area contributed by atoms with Crippen LogP contribution in [0.4, 0.5) is 0 Å². The molecule has 2 heterocycles. The maximum Gasteiger partial charge on any atom is 0.249 e. The molecule has 0 fully saturated rings. The van der Waals surface area contributed by atoms with Crippen LogP contribution in [0.3, 0.4) is 0 Å². The molecule has 0 aliphatic carbocycles. The standard InChI is InChI=1S/C14H14N4O/c1-8-17-7-13(18(8)2)9-5-11(14(15)19)10-3-4-16-12(10)6-9/h3-7,16H,1-2H3,(H2,15,19). The Morgan fingerprint density at radius 2 is 2.21 bits per heavy atom. The number of nitrogens with zero attached hydrogens (tertiary/aromatic N) is 2. The highest BCUT2D eigenvalue weighted by Crippen LogP contribution is 2.27. The highest BCUT2D eigenvalue weighted by atomic mass is 16.1. The van der Waals surface area contributed by atoms with Crippen LogP contribution in [0.25, 0.3) is 22.2 Å². The summed E-state index contributed by atoms with van der Waals surface area (Å²) >= 11 is 0. The van der Waals surface area contributed by atoms with Gasteiger partial charge in [0.25, 0.3) is 0 Å². The van der Waals surface area contributed by atoms with Crippen molar-refractivity contribution in [2.75, 3.05) is 0 Å². The minimum Gasteiger partial charge on any atom is -0.366 e. The maximum absolute atomic E-state index is 11.6. The number of hydrogen-bond acceptors (Lipinski definition) is 2. The third-order valence-electron chi connectivity index (χ3n) is 3.45. The number of primary amides is 1. The van der Waals surface area contributed by atoms with Crippen molar-refractivity contribution in [2.45, 2.75) is 6.92 Å². The van der Waals surface area contributed by atoms with Gasteiger partial charge in [-0.2, -0.15) is 0 Å². The van der Waals surface area contributed by atoms with Crippen molar-refractivity contribution < 1.29 is 4.79 Å². The summed E-state index contributed by atoms with van der Waals surface area (Å²) in [5, 5.41) is 0.843. The van der Waals surface area contributed by atoms with Gasteiger partial charge in [-0.05, 0) is 25.1 Å².